The molecule has 0 unspecified atom stereocenters. The van der Waals surface area contributed by atoms with E-state index in [2.05, 4.69) is 6.58 Å². The van der Waals surface area contributed by atoms with Gasteiger partial charge in [-0.25, -0.2) is 0 Å². The van der Waals surface area contributed by atoms with Crippen LogP contribution in [0.3, 0.4) is 0 Å². The average molecular weight is 348 g/mol. The SMILES string of the molecule is C=Cc1ccc(CC(P(=O)(OC)OC)P(=O)(OC)OC)cc1. The van der Waals surface area contributed by atoms with Crippen molar-refractivity contribution in [3.05, 3.63) is 42.0 Å². The summed E-state index contributed by atoms with van der Waals surface area (Å²) in [6.07, 6.45) is 1.88. The Morgan fingerprint density at radius 1 is 0.955 bits per heavy atom. The van der Waals surface area contributed by atoms with E-state index >= 15 is 0 Å². The Kier molecular flexibility index (Phi) is 7.20. The molecule has 0 saturated heterocycles. The van der Waals surface area contributed by atoms with E-state index in [1.165, 1.54) is 28.4 Å². The molecule has 0 radical (unpaired) electrons. The van der Waals surface area contributed by atoms with Gasteiger partial charge in [-0.1, -0.05) is 36.9 Å². The summed E-state index contributed by atoms with van der Waals surface area (Å²) in [4.78, 5) is 0. The smallest absolute Gasteiger partial charge is 0.311 e. The van der Waals surface area contributed by atoms with Crippen molar-refractivity contribution in [3.63, 3.8) is 0 Å². The largest absolute Gasteiger partial charge is 0.345 e. The van der Waals surface area contributed by atoms with Gasteiger partial charge in [0, 0.05) is 28.4 Å². The first kappa shape index (κ1) is 19.3. The van der Waals surface area contributed by atoms with E-state index in [0.29, 0.717) is 0 Å². The van der Waals surface area contributed by atoms with E-state index in [1.807, 2.05) is 24.3 Å². The van der Waals surface area contributed by atoms with Crippen molar-refractivity contribution >= 4 is 21.3 Å². The molecule has 0 saturated carbocycles. The molecule has 0 heterocycles. The Morgan fingerprint density at radius 3 is 1.68 bits per heavy atom. The number of hydrogen-bond acceptors (Lipinski definition) is 6. The Hall–Kier alpha value is -0.740. The Bertz CT molecular complexity index is 542. The van der Waals surface area contributed by atoms with Crippen LogP contribution in [0.25, 0.3) is 6.08 Å². The van der Waals surface area contributed by atoms with Crippen molar-refractivity contribution in [2.45, 2.75) is 11.8 Å². The molecule has 0 aromatic heterocycles. The predicted octanol–water partition coefficient (Wildman–Crippen LogP) is 4.17. The Morgan fingerprint density at radius 2 is 1.36 bits per heavy atom. The van der Waals surface area contributed by atoms with Gasteiger partial charge in [-0.3, -0.25) is 9.13 Å². The van der Waals surface area contributed by atoms with E-state index in [9.17, 15) is 9.13 Å². The van der Waals surface area contributed by atoms with Gasteiger partial charge < -0.3 is 18.1 Å². The van der Waals surface area contributed by atoms with Crippen molar-refractivity contribution in [1.82, 2.24) is 0 Å². The molecular formula is C14H22O6P2. The minimum Gasteiger partial charge on any atom is -0.311 e. The molecule has 124 valence electrons. The summed E-state index contributed by atoms with van der Waals surface area (Å²) < 4.78 is 45.5. The molecule has 6 nitrogen and oxygen atoms in total. The lowest BCUT2D eigenvalue weighted by molar-refractivity contribution is 0.246. The third kappa shape index (κ3) is 4.17. The van der Waals surface area contributed by atoms with Crippen molar-refractivity contribution in [3.8, 4) is 0 Å². The van der Waals surface area contributed by atoms with E-state index in [1.54, 1.807) is 6.08 Å². The highest BCUT2D eigenvalue weighted by Crippen LogP contribution is 2.70. The summed E-state index contributed by atoms with van der Waals surface area (Å²) in [6.45, 7) is 3.68. The quantitative estimate of drug-likeness (QED) is 0.624. The molecule has 8 heteroatoms. The second-order valence-electron chi connectivity index (χ2n) is 4.44. The molecule has 0 atom stereocenters. The Balaban J connectivity index is 3.23. The van der Waals surface area contributed by atoms with Gasteiger partial charge in [0.15, 0.2) is 5.40 Å². The van der Waals surface area contributed by atoms with Crippen LogP contribution in [-0.4, -0.2) is 33.8 Å². The molecule has 1 rings (SSSR count). The predicted molar refractivity (Wildman–Crippen MR) is 87.3 cm³/mol. The molecule has 0 amide bonds. The molecule has 0 spiro atoms. The lowest BCUT2D eigenvalue weighted by atomic mass is 10.1. The second kappa shape index (κ2) is 8.21. The minimum absolute atomic E-state index is 0.162. The molecule has 0 bridgehead atoms. The monoisotopic (exact) mass is 348 g/mol. The second-order valence-corrected chi connectivity index (χ2v) is 9.71. The van der Waals surface area contributed by atoms with Crippen LogP contribution in [0.5, 0.6) is 0 Å². The Labute approximate surface area is 131 Å². The van der Waals surface area contributed by atoms with E-state index in [-0.39, 0.29) is 6.42 Å². The maximum Gasteiger partial charge on any atom is 0.345 e. The standard InChI is InChI=1S/C14H22O6P2/c1-6-12-7-9-13(10-8-12)11-14(21(15,17-2)18-3)22(16,19-4)20-5/h6-10,14H,1,11H2,2-5H3. The first-order valence-electron chi connectivity index (χ1n) is 6.52. The topological polar surface area (TPSA) is 71.1 Å². The molecule has 0 aliphatic rings. The van der Waals surface area contributed by atoms with Crippen molar-refractivity contribution < 1.29 is 27.2 Å². The summed E-state index contributed by atoms with van der Waals surface area (Å²) >= 11 is 0. The zero-order valence-corrected chi connectivity index (χ0v) is 15.0. The number of rotatable bonds is 9. The maximum atomic E-state index is 12.7. The van der Waals surface area contributed by atoms with Crippen LogP contribution in [0.15, 0.2) is 30.8 Å². The third-order valence-electron chi connectivity index (χ3n) is 3.38. The number of benzene rings is 1. The van der Waals surface area contributed by atoms with Gasteiger partial charge in [-0.05, 0) is 17.5 Å². The van der Waals surface area contributed by atoms with Gasteiger partial charge in [0.25, 0.3) is 0 Å². The van der Waals surface area contributed by atoms with Gasteiger partial charge in [-0.2, -0.15) is 0 Å². The van der Waals surface area contributed by atoms with Crippen molar-refractivity contribution in [2.24, 2.45) is 0 Å². The zero-order valence-electron chi connectivity index (χ0n) is 13.2. The first-order chi connectivity index (χ1) is 10.4. The van der Waals surface area contributed by atoms with Gasteiger partial charge >= 0.3 is 15.2 Å². The van der Waals surface area contributed by atoms with Gasteiger partial charge in [0.2, 0.25) is 0 Å². The molecule has 0 aliphatic heterocycles. The lowest BCUT2D eigenvalue weighted by Crippen LogP contribution is -2.17. The zero-order chi connectivity index (χ0) is 16.8. The summed E-state index contributed by atoms with van der Waals surface area (Å²) in [5, 5.41) is -1.06. The third-order valence-corrected chi connectivity index (χ3v) is 8.94. The highest BCUT2D eigenvalue weighted by atomic mass is 31.2. The fourth-order valence-electron chi connectivity index (χ4n) is 2.03. The van der Waals surface area contributed by atoms with Crippen LogP contribution in [0.4, 0.5) is 0 Å². The van der Waals surface area contributed by atoms with Crippen molar-refractivity contribution in [1.29, 1.82) is 0 Å². The highest BCUT2D eigenvalue weighted by Gasteiger charge is 2.49. The molecule has 0 N–H and O–H groups in total. The van der Waals surface area contributed by atoms with Gasteiger partial charge in [0.1, 0.15) is 0 Å². The maximum absolute atomic E-state index is 12.7. The number of hydrogen-bond donors (Lipinski definition) is 0. The summed E-state index contributed by atoms with van der Waals surface area (Å²) in [7, 11) is -2.35. The van der Waals surface area contributed by atoms with Gasteiger partial charge in [0.05, 0.1) is 0 Å². The minimum atomic E-state index is -3.66. The van der Waals surface area contributed by atoms with Crippen LogP contribution in [-0.2, 0) is 33.6 Å². The van der Waals surface area contributed by atoms with E-state index in [4.69, 9.17) is 18.1 Å². The lowest BCUT2D eigenvalue weighted by Gasteiger charge is -2.28. The summed E-state index contributed by atoms with van der Waals surface area (Å²) in [5.41, 5.74) is 1.75. The van der Waals surface area contributed by atoms with Crippen LogP contribution < -0.4 is 0 Å². The van der Waals surface area contributed by atoms with Crippen LogP contribution in [0.1, 0.15) is 11.1 Å². The van der Waals surface area contributed by atoms with Crippen LogP contribution >= 0.6 is 15.2 Å². The van der Waals surface area contributed by atoms with E-state index < -0.39 is 20.6 Å². The molecule has 22 heavy (non-hydrogen) atoms. The normalized spacial score (nSPS) is 12.6. The van der Waals surface area contributed by atoms with Crippen molar-refractivity contribution in [2.75, 3.05) is 28.4 Å². The first-order valence-corrected chi connectivity index (χ1v) is 9.75. The van der Waals surface area contributed by atoms with Crippen LogP contribution in [0.2, 0.25) is 0 Å². The molecule has 1 aromatic carbocycles. The van der Waals surface area contributed by atoms with E-state index in [0.717, 1.165) is 11.1 Å². The summed E-state index contributed by atoms with van der Waals surface area (Å²) in [5.74, 6) is 0. The fourth-order valence-corrected chi connectivity index (χ4v) is 6.69. The molecule has 0 fully saturated rings. The van der Waals surface area contributed by atoms with Gasteiger partial charge in [-0.15, -0.1) is 0 Å². The average Bonchev–Trinajstić information content (AvgIpc) is 2.58. The fraction of sp³-hybridized carbons (Fsp3) is 0.429. The molecule has 1 aromatic rings. The molecule has 0 aliphatic carbocycles. The highest BCUT2D eigenvalue weighted by molar-refractivity contribution is 7.72. The molecular weight excluding hydrogens is 326 g/mol. The van der Waals surface area contributed by atoms with Crippen LogP contribution in [0, 0.1) is 0 Å². The summed E-state index contributed by atoms with van der Waals surface area (Å²) in [6, 6.07) is 7.37.